The summed E-state index contributed by atoms with van der Waals surface area (Å²) in [5, 5.41) is 1.53. The predicted octanol–water partition coefficient (Wildman–Crippen LogP) is 6.08. The van der Waals surface area contributed by atoms with Crippen LogP contribution in [0.3, 0.4) is 0 Å². The van der Waals surface area contributed by atoms with Gasteiger partial charge in [0.1, 0.15) is 5.01 Å². The second kappa shape index (κ2) is 7.94. The number of nitrogens with zero attached hydrogens (tertiary/aromatic N) is 2. The molecule has 0 unspecified atom stereocenters. The molecule has 2 amide bonds. The zero-order valence-corrected chi connectivity index (χ0v) is 19.1. The van der Waals surface area contributed by atoms with E-state index in [0.29, 0.717) is 17.1 Å². The third-order valence-corrected chi connectivity index (χ3v) is 8.02. The van der Waals surface area contributed by atoms with Gasteiger partial charge in [-0.15, -0.1) is 11.3 Å². The summed E-state index contributed by atoms with van der Waals surface area (Å²) < 4.78 is 0. The van der Waals surface area contributed by atoms with E-state index in [1.807, 2.05) is 84.9 Å². The summed E-state index contributed by atoms with van der Waals surface area (Å²) in [6, 6.07) is 26.8. The second-order valence-corrected chi connectivity index (χ2v) is 9.88. The van der Waals surface area contributed by atoms with Crippen LogP contribution < -0.4 is 4.90 Å². The number of anilines is 1. The van der Waals surface area contributed by atoms with Crippen LogP contribution in [0.15, 0.2) is 84.9 Å². The summed E-state index contributed by atoms with van der Waals surface area (Å²) in [5.74, 6) is -1.45. The second-order valence-electron chi connectivity index (χ2n) is 8.41. The van der Waals surface area contributed by atoms with Crippen molar-refractivity contribution in [2.45, 2.75) is 18.3 Å². The molecule has 1 aromatic heterocycles. The number of para-hydroxylation sites is 1. The fraction of sp³-hybridized carbons (Fsp3) is 0.148. The van der Waals surface area contributed by atoms with Crippen LogP contribution in [0.2, 0.25) is 5.02 Å². The van der Waals surface area contributed by atoms with Crippen LogP contribution in [-0.2, 0) is 16.0 Å². The van der Waals surface area contributed by atoms with E-state index < -0.39 is 11.8 Å². The van der Waals surface area contributed by atoms with Gasteiger partial charge in [0.05, 0.1) is 23.2 Å². The molecular formula is C27H19ClN2O2S. The minimum Gasteiger partial charge on any atom is -0.274 e. The highest BCUT2D eigenvalue weighted by molar-refractivity contribution is 7.15. The molecule has 0 saturated carbocycles. The lowest BCUT2D eigenvalue weighted by Crippen LogP contribution is -2.32. The van der Waals surface area contributed by atoms with Gasteiger partial charge in [-0.2, -0.15) is 0 Å². The number of fused-ring (bicyclic) bond motifs is 3. The van der Waals surface area contributed by atoms with Crippen LogP contribution >= 0.6 is 22.9 Å². The zero-order chi connectivity index (χ0) is 22.5. The van der Waals surface area contributed by atoms with Crippen molar-refractivity contribution in [3.8, 4) is 10.6 Å². The first-order valence-corrected chi connectivity index (χ1v) is 12.0. The molecule has 6 rings (SSSR count). The summed E-state index contributed by atoms with van der Waals surface area (Å²) in [4.78, 5) is 34.7. The predicted molar refractivity (Wildman–Crippen MR) is 131 cm³/mol. The Morgan fingerprint density at radius 1 is 0.848 bits per heavy atom. The maximum Gasteiger partial charge on any atom is 0.243 e. The van der Waals surface area contributed by atoms with E-state index >= 15 is 0 Å². The molecule has 0 bridgehead atoms. The summed E-state index contributed by atoms with van der Waals surface area (Å²) in [6.07, 6.45) is 0.614. The van der Waals surface area contributed by atoms with Crippen LogP contribution in [0.4, 0.5) is 5.69 Å². The van der Waals surface area contributed by atoms with E-state index in [4.69, 9.17) is 16.6 Å². The maximum atomic E-state index is 13.8. The fourth-order valence-electron chi connectivity index (χ4n) is 5.03. The molecule has 4 nitrogen and oxygen atoms in total. The molecule has 2 aliphatic rings. The van der Waals surface area contributed by atoms with Crippen molar-refractivity contribution in [3.05, 3.63) is 106 Å². The molecule has 1 aliphatic heterocycles. The highest BCUT2D eigenvalue weighted by atomic mass is 35.5. The molecule has 3 aromatic carbocycles. The van der Waals surface area contributed by atoms with Crippen molar-refractivity contribution < 1.29 is 9.59 Å². The molecule has 162 valence electrons. The summed E-state index contributed by atoms with van der Waals surface area (Å²) in [6.45, 7) is 0. The van der Waals surface area contributed by atoms with Crippen molar-refractivity contribution in [1.82, 2.24) is 4.98 Å². The Labute approximate surface area is 200 Å². The van der Waals surface area contributed by atoms with Gasteiger partial charge < -0.3 is 0 Å². The topological polar surface area (TPSA) is 50.3 Å². The van der Waals surface area contributed by atoms with Crippen molar-refractivity contribution in [1.29, 1.82) is 0 Å². The van der Waals surface area contributed by atoms with Crippen molar-refractivity contribution >= 4 is 40.4 Å². The van der Waals surface area contributed by atoms with Crippen LogP contribution in [0.25, 0.3) is 10.6 Å². The van der Waals surface area contributed by atoms with Crippen molar-refractivity contribution in [2.24, 2.45) is 5.92 Å². The molecule has 4 aromatic rings. The summed E-state index contributed by atoms with van der Waals surface area (Å²) in [5.41, 5.74) is 3.56. The molecule has 0 spiro atoms. The third kappa shape index (κ3) is 3.31. The summed E-state index contributed by atoms with van der Waals surface area (Å²) >= 11 is 7.66. The van der Waals surface area contributed by atoms with Gasteiger partial charge in [0, 0.05) is 21.4 Å². The average molecular weight is 471 g/mol. The Bertz CT molecular complexity index is 1350. The first-order valence-electron chi connectivity index (χ1n) is 10.8. The molecule has 0 radical (unpaired) electrons. The molecule has 6 heteroatoms. The Hall–Kier alpha value is -3.28. The molecule has 0 N–H and O–H groups in total. The number of hydrogen-bond acceptors (Lipinski definition) is 4. The lowest BCUT2D eigenvalue weighted by atomic mass is 9.72. The Kier molecular flexibility index (Phi) is 4.89. The van der Waals surface area contributed by atoms with E-state index in [9.17, 15) is 9.59 Å². The lowest BCUT2D eigenvalue weighted by molar-refractivity contribution is -0.122. The van der Waals surface area contributed by atoms with Gasteiger partial charge in [0.2, 0.25) is 11.8 Å². The largest absolute Gasteiger partial charge is 0.274 e. The summed E-state index contributed by atoms with van der Waals surface area (Å²) in [7, 11) is 0. The average Bonchev–Trinajstić information content (AvgIpc) is 3.39. The van der Waals surface area contributed by atoms with E-state index in [1.54, 1.807) is 0 Å². The molecule has 1 aliphatic carbocycles. The van der Waals surface area contributed by atoms with Crippen LogP contribution in [0.5, 0.6) is 0 Å². The highest BCUT2D eigenvalue weighted by Crippen LogP contribution is 2.53. The fourth-order valence-corrected chi connectivity index (χ4v) is 6.40. The van der Waals surface area contributed by atoms with E-state index in [2.05, 4.69) is 0 Å². The van der Waals surface area contributed by atoms with Gasteiger partial charge in [-0.05, 0) is 36.2 Å². The quantitative estimate of drug-likeness (QED) is 0.341. The molecule has 1 saturated heterocycles. The highest BCUT2D eigenvalue weighted by Gasteiger charge is 2.56. The standard InChI is InChI=1S/C27H19ClN2O2S/c28-18-13-11-16(12-14-18)20-15-21-24(33-25(29-21)17-7-3-1-4-8-17)23-22(20)26(31)30(27(23)32)19-9-5-2-6-10-19/h1-14,20,22-23H,15H2/t20-,22+,23+/m1/s1. The number of carbonyl (C=O) groups is 2. The van der Waals surface area contributed by atoms with Gasteiger partial charge in [0.25, 0.3) is 0 Å². The van der Waals surface area contributed by atoms with E-state index in [-0.39, 0.29) is 17.7 Å². The van der Waals surface area contributed by atoms with Crippen molar-refractivity contribution in [2.75, 3.05) is 4.90 Å². The number of hydrogen-bond donors (Lipinski definition) is 0. The Morgan fingerprint density at radius 2 is 1.52 bits per heavy atom. The zero-order valence-electron chi connectivity index (χ0n) is 17.5. The van der Waals surface area contributed by atoms with Gasteiger partial charge in [0.15, 0.2) is 0 Å². The SMILES string of the molecule is O=C1[C@H]2[C@@H](c3ccc(Cl)cc3)Cc3nc(-c4ccccc4)sc3[C@H]2C(=O)N1c1ccccc1. The van der Waals surface area contributed by atoms with Gasteiger partial charge >= 0.3 is 0 Å². The van der Waals surface area contributed by atoms with E-state index in [1.165, 1.54) is 16.2 Å². The monoisotopic (exact) mass is 470 g/mol. The smallest absolute Gasteiger partial charge is 0.243 e. The Morgan fingerprint density at radius 3 is 2.21 bits per heavy atom. The third-order valence-electron chi connectivity index (χ3n) is 6.54. The maximum absolute atomic E-state index is 13.8. The number of thiazole rings is 1. The number of carbonyl (C=O) groups excluding carboxylic acids is 2. The lowest BCUT2D eigenvalue weighted by Gasteiger charge is -2.30. The molecular weight excluding hydrogens is 452 g/mol. The minimum atomic E-state index is -0.530. The van der Waals surface area contributed by atoms with Gasteiger partial charge in [-0.3, -0.25) is 9.59 Å². The molecule has 1 fully saturated rings. The first-order chi connectivity index (χ1) is 16.1. The van der Waals surface area contributed by atoms with Gasteiger partial charge in [-0.1, -0.05) is 72.3 Å². The van der Waals surface area contributed by atoms with Gasteiger partial charge in [-0.25, -0.2) is 9.88 Å². The first kappa shape index (κ1) is 20.3. The number of imide groups is 1. The Balaban J connectivity index is 1.50. The number of rotatable bonds is 3. The molecule has 33 heavy (non-hydrogen) atoms. The van der Waals surface area contributed by atoms with Crippen LogP contribution in [0.1, 0.15) is 28.0 Å². The number of halogens is 1. The number of aromatic nitrogens is 1. The number of amides is 2. The molecule has 3 atom stereocenters. The van der Waals surface area contributed by atoms with Crippen LogP contribution in [-0.4, -0.2) is 16.8 Å². The van der Waals surface area contributed by atoms with Crippen LogP contribution in [0, 0.1) is 5.92 Å². The number of benzene rings is 3. The minimum absolute atomic E-state index is 0.142. The van der Waals surface area contributed by atoms with Crippen molar-refractivity contribution in [3.63, 3.8) is 0 Å². The van der Waals surface area contributed by atoms with E-state index in [0.717, 1.165) is 26.7 Å². The normalized spacial score (nSPS) is 21.7. The molecule has 2 heterocycles.